The highest BCUT2D eigenvalue weighted by Gasteiger charge is 2.26. The molecule has 0 saturated carbocycles. The summed E-state index contributed by atoms with van der Waals surface area (Å²) in [6.45, 7) is 8.97. The number of carbonyl (C=O) groups is 1. The van der Waals surface area contributed by atoms with Gasteiger partial charge in [-0.3, -0.25) is 4.79 Å². The van der Waals surface area contributed by atoms with Gasteiger partial charge < -0.3 is 15.0 Å². The van der Waals surface area contributed by atoms with Gasteiger partial charge >= 0.3 is 0 Å². The van der Waals surface area contributed by atoms with Crippen LogP contribution in [0.5, 0.6) is 5.75 Å². The van der Waals surface area contributed by atoms with E-state index in [0.29, 0.717) is 37.7 Å². The van der Waals surface area contributed by atoms with Crippen LogP contribution in [-0.4, -0.2) is 58.0 Å². The molecular formula is C20H34N3O4S+. The number of likely N-dealkylation sites (tertiary alicyclic amines) is 1. The van der Waals surface area contributed by atoms with Crippen molar-refractivity contribution in [2.24, 2.45) is 0 Å². The molecule has 1 aromatic rings. The molecule has 1 aliphatic rings. The summed E-state index contributed by atoms with van der Waals surface area (Å²) < 4.78 is 32.9. The van der Waals surface area contributed by atoms with Crippen molar-refractivity contribution in [3.63, 3.8) is 0 Å². The summed E-state index contributed by atoms with van der Waals surface area (Å²) in [6.07, 6.45) is 4.77. The molecule has 1 amide bonds. The maximum Gasteiger partial charge on any atom is 0.279 e. The standard InChI is InChI=1S/C20H33N3O4S/c1-4-23(5-2)28(25,26)19-15-17(11-12-18(19)27-6-3)21-20(24)16-22-13-9-7-8-10-14-22/h11-12,15H,4-10,13-14,16H2,1-3H3,(H,21,24)/p+1. The number of carbonyl (C=O) groups excluding carboxylic acids is 1. The van der Waals surface area contributed by atoms with Gasteiger partial charge in [0.15, 0.2) is 6.54 Å². The van der Waals surface area contributed by atoms with Crippen molar-refractivity contribution in [2.75, 3.05) is 44.6 Å². The van der Waals surface area contributed by atoms with Crippen LogP contribution < -0.4 is 15.0 Å². The fourth-order valence-electron chi connectivity index (χ4n) is 3.60. The van der Waals surface area contributed by atoms with Crippen molar-refractivity contribution in [1.29, 1.82) is 0 Å². The summed E-state index contributed by atoms with van der Waals surface area (Å²) in [4.78, 5) is 13.9. The van der Waals surface area contributed by atoms with Crippen LogP contribution in [0.3, 0.4) is 0 Å². The fourth-order valence-corrected chi connectivity index (χ4v) is 5.22. The topological polar surface area (TPSA) is 80.1 Å². The van der Waals surface area contributed by atoms with Crippen LogP contribution in [0.25, 0.3) is 0 Å². The molecule has 1 fully saturated rings. The minimum absolute atomic E-state index is 0.0905. The monoisotopic (exact) mass is 412 g/mol. The van der Waals surface area contributed by atoms with E-state index >= 15 is 0 Å². The van der Waals surface area contributed by atoms with Gasteiger partial charge in [-0.2, -0.15) is 4.31 Å². The average molecular weight is 413 g/mol. The largest absolute Gasteiger partial charge is 0.492 e. The second kappa shape index (κ2) is 10.8. The molecular weight excluding hydrogens is 378 g/mol. The number of amides is 1. The zero-order valence-electron chi connectivity index (χ0n) is 17.3. The van der Waals surface area contributed by atoms with Gasteiger partial charge in [-0.1, -0.05) is 13.8 Å². The first-order valence-electron chi connectivity index (χ1n) is 10.3. The normalized spacial score (nSPS) is 16.0. The number of anilines is 1. The first kappa shape index (κ1) is 22.6. The predicted molar refractivity (Wildman–Crippen MR) is 110 cm³/mol. The summed E-state index contributed by atoms with van der Waals surface area (Å²) in [7, 11) is -3.69. The van der Waals surface area contributed by atoms with Crippen LogP contribution in [0.2, 0.25) is 0 Å². The molecule has 0 unspecified atom stereocenters. The minimum Gasteiger partial charge on any atom is -0.492 e. The average Bonchev–Trinajstić information content (AvgIpc) is 2.92. The van der Waals surface area contributed by atoms with E-state index in [-0.39, 0.29) is 10.8 Å². The zero-order valence-corrected chi connectivity index (χ0v) is 18.1. The van der Waals surface area contributed by atoms with Crippen molar-refractivity contribution in [3.05, 3.63) is 18.2 Å². The highest BCUT2D eigenvalue weighted by Crippen LogP contribution is 2.30. The number of quaternary nitrogens is 1. The van der Waals surface area contributed by atoms with Gasteiger partial charge in [0.1, 0.15) is 10.6 Å². The van der Waals surface area contributed by atoms with E-state index in [1.165, 1.54) is 28.1 Å². The van der Waals surface area contributed by atoms with Crippen LogP contribution in [0.1, 0.15) is 46.5 Å². The number of sulfonamides is 1. The Morgan fingerprint density at radius 1 is 1.11 bits per heavy atom. The Kier molecular flexibility index (Phi) is 8.72. The SMILES string of the molecule is CCOc1ccc(NC(=O)C[NH+]2CCCCCC2)cc1S(=O)(=O)N(CC)CC. The van der Waals surface area contributed by atoms with Gasteiger partial charge in [0.05, 0.1) is 19.7 Å². The molecule has 0 spiro atoms. The van der Waals surface area contributed by atoms with E-state index in [2.05, 4.69) is 5.32 Å². The Morgan fingerprint density at radius 2 is 1.75 bits per heavy atom. The molecule has 1 aliphatic heterocycles. The number of nitrogens with one attached hydrogen (secondary N) is 2. The van der Waals surface area contributed by atoms with Crippen LogP contribution in [0.15, 0.2) is 23.1 Å². The van der Waals surface area contributed by atoms with Crippen LogP contribution in [0, 0.1) is 0 Å². The first-order valence-corrected chi connectivity index (χ1v) is 11.8. The molecule has 2 rings (SSSR count). The molecule has 1 saturated heterocycles. The molecule has 28 heavy (non-hydrogen) atoms. The number of ether oxygens (including phenoxy) is 1. The fraction of sp³-hybridized carbons (Fsp3) is 0.650. The number of benzene rings is 1. The van der Waals surface area contributed by atoms with Gasteiger partial charge in [0.2, 0.25) is 10.0 Å². The minimum atomic E-state index is -3.69. The summed E-state index contributed by atoms with van der Waals surface area (Å²) >= 11 is 0. The third-order valence-electron chi connectivity index (χ3n) is 5.07. The molecule has 8 heteroatoms. The van der Waals surface area contributed by atoms with Gasteiger partial charge in [0, 0.05) is 18.8 Å². The molecule has 0 radical (unpaired) electrons. The lowest BCUT2D eigenvalue weighted by Crippen LogP contribution is -3.12. The summed E-state index contributed by atoms with van der Waals surface area (Å²) in [6, 6.07) is 4.82. The Bertz CT molecular complexity index is 740. The number of nitrogens with zero attached hydrogens (tertiary/aromatic N) is 1. The third-order valence-corrected chi connectivity index (χ3v) is 7.14. The number of hydrogen-bond donors (Lipinski definition) is 2. The molecule has 0 atom stereocenters. The number of rotatable bonds is 9. The van der Waals surface area contributed by atoms with E-state index in [1.807, 2.05) is 6.92 Å². The second-order valence-electron chi connectivity index (χ2n) is 7.07. The molecule has 0 bridgehead atoms. The summed E-state index contributed by atoms with van der Waals surface area (Å²) in [5, 5.41) is 2.87. The van der Waals surface area contributed by atoms with E-state index in [0.717, 1.165) is 25.9 Å². The molecule has 0 aliphatic carbocycles. The highest BCUT2D eigenvalue weighted by molar-refractivity contribution is 7.89. The van der Waals surface area contributed by atoms with Gasteiger partial charge in [-0.05, 0) is 50.8 Å². The lowest BCUT2D eigenvalue weighted by Gasteiger charge is -2.21. The van der Waals surface area contributed by atoms with Gasteiger partial charge in [-0.25, -0.2) is 8.42 Å². The Balaban J connectivity index is 2.20. The van der Waals surface area contributed by atoms with Crippen molar-refractivity contribution in [3.8, 4) is 5.75 Å². The molecule has 158 valence electrons. The maximum atomic E-state index is 13.0. The van der Waals surface area contributed by atoms with Crippen LogP contribution in [0.4, 0.5) is 5.69 Å². The summed E-state index contributed by atoms with van der Waals surface area (Å²) in [5.41, 5.74) is 0.480. The van der Waals surface area contributed by atoms with Crippen molar-refractivity contribution in [1.82, 2.24) is 4.31 Å². The molecule has 1 aromatic carbocycles. The molecule has 1 heterocycles. The molecule has 2 N–H and O–H groups in total. The number of hydrogen-bond acceptors (Lipinski definition) is 4. The van der Waals surface area contributed by atoms with Gasteiger partial charge in [-0.15, -0.1) is 0 Å². The van der Waals surface area contributed by atoms with E-state index in [4.69, 9.17) is 4.74 Å². The van der Waals surface area contributed by atoms with E-state index in [9.17, 15) is 13.2 Å². The Labute approximate surface area is 169 Å². The lowest BCUT2D eigenvalue weighted by atomic mass is 10.2. The van der Waals surface area contributed by atoms with Crippen molar-refractivity contribution >= 4 is 21.6 Å². The van der Waals surface area contributed by atoms with Gasteiger partial charge in [0.25, 0.3) is 5.91 Å². The zero-order chi connectivity index (χ0) is 20.6. The Hall–Kier alpha value is -1.64. The van der Waals surface area contributed by atoms with Crippen LogP contribution in [-0.2, 0) is 14.8 Å². The van der Waals surface area contributed by atoms with E-state index in [1.54, 1.807) is 26.0 Å². The predicted octanol–water partition coefficient (Wildman–Crippen LogP) is 1.51. The summed E-state index contributed by atoms with van der Waals surface area (Å²) in [5.74, 6) is 0.220. The maximum absolute atomic E-state index is 13.0. The van der Waals surface area contributed by atoms with Crippen LogP contribution >= 0.6 is 0 Å². The highest BCUT2D eigenvalue weighted by atomic mass is 32.2. The Morgan fingerprint density at radius 3 is 2.32 bits per heavy atom. The molecule has 0 aromatic heterocycles. The lowest BCUT2D eigenvalue weighted by molar-refractivity contribution is -0.890. The second-order valence-corrected chi connectivity index (χ2v) is 8.98. The first-order chi connectivity index (χ1) is 13.4. The molecule has 7 nitrogen and oxygen atoms in total. The third kappa shape index (κ3) is 5.93. The van der Waals surface area contributed by atoms with Crippen molar-refractivity contribution < 1.29 is 22.8 Å². The van der Waals surface area contributed by atoms with E-state index < -0.39 is 10.0 Å². The van der Waals surface area contributed by atoms with Crippen molar-refractivity contribution in [2.45, 2.75) is 51.3 Å². The quantitative estimate of drug-likeness (QED) is 0.644. The smallest absolute Gasteiger partial charge is 0.279 e.